The summed E-state index contributed by atoms with van der Waals surface area (Å²) >= 11 is 11.6. The summed E-state index contributed by atoms with van der Waals surface area (Å²) in [4.78, 5) is 16.2. The van der Waals surface area contributed by atoms with E-state index in [1.807, 2.05) is 5.10 Å². The number of hydrogen-bond donors (Lipinski definition) is 3. The van der Waals surface area contributed by atoms with Gasteiger partial charge in [-0.2, -0.15) is 23.3 Å². The van der Waals surface area contributed by atoms with Crippen LogP contribution in [0.25, 0.3) is 0 Å². The van der Waals surface area contributed by atoms with Crippen molar-refractivity contribution in [1.29, 1.82) is 0 Å². The third kappa shape index (κ3) is 5.71. The molecule has 0 radical (unpaired) electrons. The summed E-state index contributed by atoms with van der Waals surface area (Å²) in [7, 11) is 0. The van der Waals surface area contributed by atoms with Crippen molar-refractivity contribution in [3.05, 3.63) is 75.7 Å². The fourth-order valence-electron chi connectivity index (χ4n) is 2.26. The van der Waals surface area contributed by atoms with Gasteiger partial charge in [-0.15, -0.1) is 0 Å². The fourth-order valence-corrected chi connectivity index (χ4v) is 2.61. The summed E-state index contributed by atoms with van der Waals surface area (Å²) in [6, 6.07) is 9.91. The van der Waals surface area contributed by atoms with Crippen molar-refractivity contribution in [3.8, 4) is 0 Å². The maximum absolute atomic E-state index is 13.6. The third-order valence-corrected chi connectivity index (χ3v) is 4.03. The van der Waals surface area contributed by atoms with E-state index in [4.69, 9.17) is 23.2 Å². The predicted octanol–water partition coefficient (Wildman–Crippen LogP) is 5.59. The topological polar surface area (TPSA) is 82.2 Å². The Morgan fingerprint density at radius 2 is 1.70 bits per heavy atom. The van der Waals surface area contributed by atoms with Crippen LogP contribution >= 0.6 is 23.2 Å². The first-order valence-corrected chi connectivity index (χ1v) is 8.87. The second-order valence-corrected chi connectivity index (χ2v) is 6.72. The highest BCUT2D eigenvalue weighted by Crippen LogP contribution is 2.28. The van der Waals surface area contributed by atoms with Crippen molar-refractivity contribution < 1.29 is 22.4 Å². The van der Waals surface area contributed by atoms with Gasteiger partial charge in [-0.1, -0.05) is 23.2 Å². The zero-order valence-electron chi connectivity index (χ0n) is 14.7. The molecule has 0 atom stereocenters. The molecule has 0 fully saturated rings. The van der Waals surface area contributed by atoms with Crippen molar-refractivity contribution in [2.75, 3.05) is 10.6 Å². The molecule has 156 valence electrons. The van der Waals surface area contributed by atoms with E-state index in [9.17, 15) is 22.4 Å². The number of rotatable bonds is 3. The molecule has 3 rings (SSSR count). The molecule has 0 spiro atoms. The maximum atomic E-state index is 13.6. The Morgan fingerprint density at radius 3 is 2.30 bits per heavy atom. The Bertz CT molecular complexity index is 1080. The Kier molecular flexibility index (Phi) is 6.28. The molecule has 0 aliphatic heterocycles. The zero-order valence-corrected chi connectivity index (χ0v) is 16.2. The van der Waals surface area contributed by atoms with Gasteiger partial charge in [-0.25, -0.2) is 4.39 Å². The molecule has 0 aliphatic rings. The number of alkyl halides is 3. The lowest BCUT2D eigenvalue weighted by molar-refractivity contribution is -0.141. The molecule has 3 N–H and O–H groups in total. The quantitative estimate of drug-likeness (QED) is 0.270. The molecule has 3 aromatic rings. The normalized spacial score (nSPS) is 12.0. The first kappa shape index (κ1) is 21.6. The van der Waals surface area contributed by atoms with Crippen LogP contribution in [0.15, 0.2) is 53.5 Å². The molecule has 1 heterocycles. The van der Waals surface area contributed by atoms with Crippen molar-refractivity contribution >= 4 is 46.6 Å². The van der Waals surface area contributed by atoms with Crippen molar-refractivity contribution in [2.45, 2.75) is 6.18 Å². The van der Waals surface area contributed by atoms with Crippen LogP contribution in [0.4, 0.5) is 29.1 Å². The number of aliphatic imine (C=N–C) groups is 1. The molecule has 12 heteroatoms. The Labute approximate surface area is 176 Å². The van der Waals surface area contributed by atoms with Gasteiger partial charge >= 0.3 is 6.18 Å². The number of guanidine groups is 1. The zero-order chi connectivity index (χ0) is 21.9. The fraction of sp³-hybridized carbons (Fsp3) is 0.0556. The number of nitrogens with one attached hydrogen (secondary N) is 3. The standard InChI is InChI=1S/C18H11Cl2F4N5O/c19-10-3-1-9(2-4-10)16(30)27-17(25-13-6-11(20)5-12(21)7-13)26-15-8-14(28-29-15)18(22,23)24/h1-8H,(H3,25,26,27,28,29,30). The van der Waals surface area contributed by atoms with Crippen LogP contribution < -0.4 is 10.6 Å². The number of carbonyl (C=O) groups is 1. The lowest BCUT2D eigenvalue weighted by Crippen LogP contribution is -2.24. The molecule has 0 bridgehead atoms. The molecule has 1 amide bonds. The molecule has 30 heavy (non-hydrogen) atoms. The van der Waals surface area contributed by atoms with E-state index in [2.05, 4.69) is 20.7 Å². The Morgan fingerprint density at radius 1 is 1.00 bits per heavy atom. The van der Waals surface area contributed by atoms with E-state index in [1.54, 1.807) is 0 Å². The summed E-state index contributed by atoms with van der Waals surface area (Å²) in [5, 5.41) is 10.8. The van der Waals surface area contributed by atoms with E-state index < -0.39 is 23.6 Å². The SMILES string of the molecule is O=C(N=C(Nc1cc(F)cc(Cl)c1)Nc1cc(C(F)(F)F)[nH]n1)c1ccc(Cl)cc1. The van der Waals surface area contributed by atoms with Crippen LogP contribution in [0.2, 0.25) is 10.0 Å². The lowest BCUT2D eigenvalue weighted by Gasteiger charge is -2.11. The second kappa shape index (κ2) is 8.72. The molecule has 0 saturated carbocycles. The first-order chi connectivity index (χ1) is 14.1. The van der Waals surface area contributed by atoms with Gasteiger partial charge in [0.05, 0.1) is 0 Å². The highest BCUT2D eigenvalue weighted by atomic mass is 35.5. The van der Waals surface area contributed by atoms with Crippen LogP contribution in [0.3, 0.4) is 0 Å². The number of carbonyl (C=O) groups excluding carboxylic acids is 1. The van der Waals surface area contributed by atoms with E-state index in [0.29, 0.717) is 11.1 Å². The van der Waals surface area contributed by atoms with Crippen LogP contribution in [0.1, 0.15) is 16.1 Å². The molecular weight excluding hydrogens is 449 g/mol. The van der Waals surface area contributed by atoms with Crippen molar-refractivity contribution in [3.63, 3.8) is 0 Å². The second-order valence-electron chi connectivity index (χ2n) is 5.85. The van der Waals surface area contributed by atoms with E-state index in [-0.39, 0.29) is 28.1 Å². The van der Waals surface area contributed by atoms with Gasteiger partial charge in [-0.05, 0) is 42.5 Å². The maximum Gasteiger partial charge on any atom is 0.432 e. The summed E-state index contributed by atoms with van der Waals surface area (Å²) < 4.78 is 51.9. The monoisotopic (exact) mass is 459 g/mol. The van der Waals surface area contributed by atoms with Crippen LogP contribution in [0.5, 0.6) is 0 Å². The van der Waals surface area contributed by atoms with Crippen LogP contribution in [-0.2, 0) is 6.18 Å². The molecular formula is C18H11Cl2F4N5O. The Balaban J connectivity index is 1.92. The number of amides is 1. The highest BCUT2D eigenvalue weighted by Gasteiger charge is 2.33. The number of aromatic amines is 1. The van der Waals surface area contributed by atoms with Gasteiger partial charge in [0.15, 0.2) is 5.82 Å². The number of halogens is 6. The minimum absolute atomic E-state index is 0.0556. The van der Waals surface area contributed by atoms with E-state index in [0.717, 1.165) is 12.1 Å². The molecule has 0 aliphatic carbocycles. The molecule has 2 aromatic carbocycles. The number of benzene rings is 2. The van der Waals surface area contributed by atoms with Crippen molar-refractivity contribution in [1.82, 2.24) is 10.2 Å². The van der Waals surface area contributed by atoms with Gasteiger partial charge in [0.2, 0.25) is 5.96 Å². The van der Waals surface area contributed by atoms with E-state index >= 15 is 0 Å². The largest absolute Gasteiger partial charge is 0.432 e. The Hall–Kier alpha value is -3.11. The predicted molar refractivity (Wildman–Crippen MR) is 105 cm³/mol. The third-order valence-electron chi connectivity index (χ3n) is 3.56. The minimum Gasteiger partial charge on any atom is -0.325 e. The average Bonchev–Trinajstić information content (AvgIpc) is 3.10. The van der Waals surface area contributed by atoms with Crippen LogP contribution in [-0.4, -0.2) is 22.1 Å². The number of nitrogens with zero attached hydrogens (tertiary/aromatic N) is 2. The first-order valence-electron chi connectivity index (χ1n) is 8.11. The highest BCUT2D eigenvalue weighted by molar-refractivity contribution is 6.31. The van der Waals surface area contributed by atoms with E-state index in [1.165, 1.54) is 30.3 Å². The van der Waals surface area contributed by atoms with Gasteiger partial charge < -0.3 is 10.6 Å². The summed E-state index contributed by atoms with van der Waals surface area (Å²) in [5.41, 5.74) is -0.848. The number of hydrogen-bond acceptors (Lipinski definition) is 2. The average molecular weight is 460 g/mol. The summed E-state index contributed by atoms with van der Waals surface area (Å²) in [5.74, 6) is -2.00. The van der Waals surface area contributed by atoms with Gasteiger partial charge in [0.25, 0.3) is 5.91 Å². The van der Waals surface area contributed by atoms with Crippen molar-refractivity contribution in [2.24, 2.45) is 4.99 Å². The molecule has 0 saturated heterocycles. The smallest absolute Gasteiger partial charge is 0.325 e. The molecule has 1 aromatic heterocycles. The molecule has 6 nitrogen and oxygen atoms in total. The number of H-pyrrole nitrogens is 1. The van der Waals surface area contributed by atoms with Crippen LogP contribution in [0, 0.1) is 5.82 Å². The van der Waals surface area contributed by atoms with Gasteiger partial charge in [-0.3, -0.25) is 9.89 Å². The minimum atomic E-state index is -4.65. The van der Waals surface area contributed by atoms with Gasteiger partial charge in [0.1, 0.15) is 11.5 Å². The number of aromatic nitrogens is 2. The number of anilines is 2. The molecule has 0 unspecified atom stereocenters. The van der Waals surface area contributed by atoms with Gasteiger partial charge in [0, 0.05) is 27.4 Å². The summed E-state index contributed by atoms with van der Waals surface area (Å²) in [6.07, 6.45) is -4.65. The summed E-state index contributed by atoms with van der Waals surface area (Å²) in [6.45, 7) is 0. The lowest BCUT2D eigenvalue weighted by atomic mass is 10.2.